The molecule has 1 amide bonds. The van der Waals surface area contributed by atoms with Gasteiger partial charge in [0, 0.05) is 30.6 Å². The fraction of sp³-hybridized carbons (Fsp3) is 0.458. The molecule has 2 unspecified atom stereocenters. The Bertz CT molecular complexity index is 838. The molecule has 0 spiro atoms. The average molecular weight is 379 g/mol. The van der Waals surface area contributed by atoms with Crippen molar-refractivity contribution >= 4 is 5.91 Å². The number of rotatable bonds is 3. The smallest absolute Gasteiger partial charge is 0.253 e. The number of hydrogen-bond acceptors (Lipinski definition) is 3. The van der Waals surface area contributed by atoms with Crippen LogP contribution in [0.1, 0.15) is 41.6 Å². The lowest BCUT2D eigenvalue weighted by atomic mass is 9.58. The van der Waals surface area contributed by atoms with Gasteiger partial charge in [-0.15, -0.1) is 0 Å². The first-order chi connectivity index (χ1) is 13.5. The number of carbonyl (C=O) groups is 1. The number of phenols is 1. The summed E-state index contributed by atoms with van der Waals surface area (Å²) in [6, 6.07) is 17.6. The Labute approximate surface area is 167 Å². The molecule has 1 heterocycles. The molecule has 0 bridgehead atoms. The SMILES string of the molecule is CN1CCC2(c3cccc(O)c3)C[C@@H](N(C)C(=O)c3ccccc3)CCC2C1. The molecule has 28 heavy (non-hydrogen) atoms. The fourth-order valence-electron chi connectivity index (χ4n) is 5.38. The van der Waals surface area contributed by atoms with Gasteiger partial charge in [0.1, 0.15) is 5.75 Å². The molecule has 4 nitrogen and oxygen atoms in total. The first-order valence-corrected chi connectivity index (χ1v) is 10.3. The first kappa shape index (κ1) is 19.0. The van der Waals surface area contributed by atoms with Crippen LogP contribution in [0.2, 0.25) is 0 Å². The van der Waals surface area contributed by atoms with E-state index in [1.54, 1.807) is 6.07 Å². The van der Waals surface area contributed by atoms with Gasteiger partial charge < -0.3 is 14.9 Å². The summed E-state index contributed by atoms with van der Waals surface area (Å²) in [5.41, 5.74) is 2.01. The molecule has 3 atom stereocenters. The molecule has 1 aliphatic heterocycles. The first-order valence-electron chi connectivity index (χ1n) is 10.3. The second-order valence-electron chi connectivity index (χ2n) is 8.63. The van der Waals surface area contributed by atoms with Crippen molar-refractivity contribution in [3.8, 4) is 5.75 Å². The van der Waals surface area contributed by atoms with Crippen molar-refractivity contribution in [1.29, 1.82) is 0 Å². The number of amides is 1. The zero-order valence-corrected chi connectivity index (χ0v) is 16.8. The molecule has 2 aliphatic rings. The van der Waals surface area contributed by atoms with Crippen LogP contribution in [0.25, 0.3) is 0 Å². The molecule has 148 valence electrons. The van der Waals surface area contributed by atoms with Gasteiger partial charge in [0.05, 0.1) is 0 Å². The van der Waals surface area contributed by atoms with Crippen molar-refractivity contribution in [2.75, 3.05) is 27.2 Å². The van der Waals surface area contributed by atoms with Crippen molar-refractivity contribution < 1.29 is 9.90 Å². The Morgan fingerprint density at radius 2 is 1.93 bits per heavy atom. The van der Waals surface area contributed by atoms with E-state index in [1.807, 2.05) is 54.4 Å². The van der Waals surface area contributed by atoms with Crippen molar-refractivity contribution in [3.63, 3.8) is 0 Å². The second kappa shape index (κ2) is 7.59. The summed E-state index contributed by atoms with van der Waals surface area (Å²) in [7, 11) is 4.15. The predicted molar refractivity (Wildman–Crippen MR) is 112 cm³/mol. The molecule has 4 rings (SSSR count). The Kier molecular flexibility index (Phi) is 5.15. The van der Waals surface area contributed by atoms with Gasteiger partial charge in [-0.3, -0.25) is 4.79 Å². The lowest BCUT2D eigenvalue weighted by Crippen LogP contribution is -2.55. The molecule has 2 aromatic rings. The largest absolute Gasteiger partial charge is 0.508 e. The van der Waals surface area contributed by atoms with Gasteiger partial charge in [0.25, 0.3) is 5.91 Å². The van der Waals surface area contributed by atoms with Crippen LogP contribution in [0.15, 0.2) is 54.6 Å². The molecule has 1 aliphatic carbocycles. The highest BCUT2D eigenvalue weighted by atomic mass is 16.3. The normalized spacial score (nSPS) is 27.8. The zero-order chi connectivity index (χ0) is 19.7. The van der Waals surface area contributed by atoms with Gasteiger partial charge >= 0.3 is 0 Å². The monoisotopic (exact) mass is 378 g/mol. The number of hydrogen-bond donors (Lipinski definition) is 1. The molecule has 0 aromatic heterocycles. The summed E-state index contributed by atoms with van der Waals surface area (Å²) in [5.74, 6) is 0.993. The van der Waals surface area contributed by atoms with E-state index < -0.39 is 0 Å². The van der Waals surface area contributed by atoms with Gasteiger partial charge in [0.15, 0.2) is 0 Å². The number of fused-ring (bicyclic) bond motifs is 1. The highest BCUT2D eigenvalue weighted by Gasteiger charge is 2.48. The second-order valence-corrected chi connectivity index (χ2v) is 8.63. The minimum absolute atomic E-state index is 0.0272. The number of aromatic hydroxyl groups is 1. The average Bonchev–Trinajstić information content (AvgIpc) is 2.73. The minimum atomic E-state index is 0.0272. The maximum atomic E-state index is 13.0. The predicted octanol–water partition coefficient (Wildman–Crippen LogP) is 3.91. The van der Waals surface area contributed by atoms with E-state index in [1.165, 1.54) is 5.56 Å². The summed E-state index contributed by atoms with van der Waals surface area (Å²) >= 11 is 0. The summed E-state index contributed by atoms with van der Waals surface area (Å²) in [4.78, 5) is 17.4. The number of phenolic OH excluding ortho intramolecular Hbond substituents is 1. The maximum absolute atomic E-state index is 13.0. The van der Waals surface area contributed by atoms with Crippen molar-refractivity contribution in [2.45, 2.75) is 37.1 Å². The third-order valence-corrected chi connectivity index (χ3v) is 7.01. The number of piperidine rings is 1. The van der Waals surface area contributed by atoms with Crippen molar-refractivity contribution in [3.05, 3.63) is 65.7 Å². The quantitative estimate of drug-likeness (QED) is 0.881. The third kappa shape index (κ3) is 3.42. The van der Waals surface area contributed by atoms with Gasteiger partial charge in [-0.1, -0.05) is 30.3 Å². The topological polar surface area (TPSA) is 43.8 Å². The molecule has 1 saturated carbocycles. The Morgan fingerprint density at radius 3 is 2.68 bits per heavy atom. The van der Waals surface area contributed by atoms with Crippen molar-refractivity contribution in [1.82, 2.24) is 9.80 Å². The summed E-state index contributed by atoms with van der Waals surface area (Å²) in [6.07, 6.45) is 4.18. The van der Waals surface area contributed by atoms with Gasteiger partial charge in [-0.25, -0.2) is 0 Å². The summed E-state index contributed by atoms with van der Waals surface area (Å²) < 4.78 is 0. The van der Waals surface area contributed by atoms with E-state index in [4.69, 9.17) is 0 Å². The van der Waals surface area contributed by atoms with Gasteiger partial charge in [-0.2, -0.15) is 0 Å². The van der Waals surface area contributed by atoms with Gasteiger partial charge in [0.2, 0.25) is 0 Å². The Hall–Kier alpha value is -2.33. The van der Waals surface area contributed by atoms with Crippen LogP contribution in [-0.2, 0) is 5.41 Å². The number of likely N-dealkylation sites (tertiary alicyclic amines) is 1. The number of carbonyl (C=O) groups excluding carboxylic acids is 1. The Balaban J connectivity index is 1.64. The molecule has 4 heteroatoms. The molecular weight excluding hydrogens is 348 g/mol. The standard InChI is InChI=1S/C24H30N2O2/c1-25-14-13-24(19-9-6-10-22(27)15-19)16-21(12-11-20(24)17-25)26(2)23(28)18-7-4-3-5-8-18/h3-10,15,20-21,27H,11-14,16-17H2,1-2H3/t20?,21-,24?/m0/s1. The molecule has 2 aromatic carbocycles. The van der Waals surface area contributed by atoms with E-state index in [0.717, 1.165) is 44.3 Å². The molecule has 1 N–H and O–H groups in total. The molecule has 2 fully saturated rings. The van der Waals surface area contributed by atoms with Crippen LogP contribution in [-0.4, -0.2) is 54.0 Å². The molecule has 1 saturated heterocycles. The third-order valence-electron chi connectivity index (χ3n) is 7.01. The molecule has 0 radical (unpaired) electrons. The highest BCUT2D eigenvalue weighted by molar-refractivity contribution is 5.94. The Morgan fingerprint density at radius 1 is 1.14 bits per heavy atom. The van der Waals surface area contributed by atoms with Crippen LogP contribution >= 0.6 is 0 Å². The van der Waals surface area contributed by atoms with Crippen LogP contribution in [0.4, 0.5) is 0 Å². The highest BCUT2D eigenvalue weighted by Crippen LogP contribution is 2.50. The van der Waals surface area contributed by atoms with Crippen LogP contribution in [0, 0.1) is 5.92 Å². The van der Waals surface area contributed by atoms with E-state index >= 15 is 0 Å². The zero-order valence-electron chi connectivity index (χ0n) is 16.8. The van der Waals surface area contributed by atoms with Crippen LogP contribution in [0.5, 0.6) is 5.75 Å². The van der Waals surface area contributed by atoms with E-state index in [0.29, 0.717) is 11.7 Å². The maximum Gasteiger partial charge on any atom is 0.253 e. The minimum Gasteiger partial charge on any atom is -0.508 e. The van der Waals surface area contributed by atoms with E-state index in [2.05, 4.69) is 18.0 Å². The van der Waals surface area contributed by atoms with Gasteiger partial charge in [-0.05, 0) is 75.0 Å². The summed E-state index contributed by atoms with van der Waals surface area (Å²) in [6.45, 7) is 2.13. The van der Waals surface area contributed by atoms with E-state index in [-0.39, 0.29) is 17.4 Å². The van der Waals surface area contributed by atoms with Crippen molar-refractivity contribution in [2.24, 2.45) is 5.92 Å². The number of benzene rings is 2. The fourth-order valence-corrected chi connectivity index (χ4v) is 5.38. The van der Waals surface area contributed by atoms with Crippen LogP contribution < -0.4 is 0 Å². The lowest BCUT2D eigenvalue weighted by Gasteiger charge is -2.53. The summed E-state index contributed by atoms with van der Waals surface area (Å²) in [5, 5.41) is 10.1. The number of nitrogens with zero attached hydrogens (tertiary/aromatic N) is 2. The molecular formula is C24H30N2O2. The lowest BCUT2D eigenvalue weighted by molar-refractivity contribution is 0.0259. The van der Waals surface area contributed by atoms with E-state index in [9.17, 15) is 9.90 Å². The van der Waals surface area contributed by atoms with Crippen LogP contribution in [0.3, 0.4) is 0 Å².